The Labute approximate surface area is 82.1 Å². The lowest BCUT2D eigenvalue weighted by Crippen LogP contribution is -2.05. The molecule has 0 radical (unpaired) electrons. The molecule has 1 rings (SSSR count). The number of nitrogens with two attached hydrogens (primary N) is 1. The molecule has 1 unspecified atom stereocenters. The van der Waals surface area contributed by atoms with E-state index in [0.717, 1.165) is 5.56 Å². The predicted octanol–water partition coefficient (Wildman–Crippen LogP) is 2.07. The Morgan fingerprint density at radius 2 is 2.15 bits per heavy atom. The van der Waals surface area contributed by atoms with E-state index in [1.54, 1.807) is 12.1 Å². The van der Waals surface area contributed by atoms with E-state index in [2.05, 4.69) is 0 Å². The lowest BCUT2D eigenvalue weighted by atomic mass is 10.1. The van der Waals surface area contributed by atoms with Crippen molar-refractivity contribution in [3.05, 3.63) is 22.7 Å². The smallest absolute Gasteiger partial charge is 0.176 e. The van der Waals surface area contributed by atoms with E-state index >= 15 is 0 Å². The normalized spacial score (nSPS) is 12.6. The maximum Gasteiger partial charge on any atom is 0.176 e. The van der Waals surface area contributed by atoms with Crippen molar-refractivity contribution >= 4 is 11.6 Å². The minimum Gasteiger partial charge on any atom is -0.503 e. The van der Waals surface area contributed by atoms with Gasteiger partial charge in [-0.15, -0.1) is 0 Å². The van der Waals surface area contributed by atoms with Gasteiger partial charge in [0.25, 0.3) is 0 Å². The highest BCUT2D eigenvalue weighted by Gasteiger charge is 2.10. The van der Waals surface area contributed by atoms with Gasteiger partial charge in [-0.1, -0.05) is 11.6 Å². The number of phenolic OH excluding ortho intramolecular Hbond substituents is 1. The second-order valence-corrected chi connectivity index (χ2v) is 3.25. The first kappa shape index (κ1) is 10.2. The van der Waals surface area contributed by atoms with Gasteiger partial charge in [-0.05, 0) is 24.6 Å². The number of halogens is 1. The van der Waals surface area contributed by atoms with Gasteiger partial charge >= 0.3 is 0 Å². The molecule has 0 bridgehead atoms. The molecule has 1 aromatic carbocycles. The van der Waals surface area contributed by atoms with E-state index in [0.29, 0.717) is 5.75 Å². The van der Waals surface area contributed by atoms with Crippen molar-refractivity contribution in [1.29, 1.82) is 0 Å². The first-order valence-corrected chi connectivity index (χ1v) is 4.26. The van der Waals surface area contributed by atoms with Gasteiger partial charge in [0.2, 0.25) is 0 Å². The molecule has 0 aliphatic rings. The van der Waals surface area contributed by atoms with Crippen LogP contribution in [0, 0.1) is 0 Å². The van der Waals surface area contributed by atoms with E-state index in [-0.39, 0.29) is 16.8 Å². The minimum atomic E-state index is -0.132. The van der Waals surface area contributed by atoms with Gasteiger partial charge in [0, 0.05) is 6.04 Å². The number of hydrogen-bond acceptors (Lipinski definition) is 3. The first-order valence-electron chi connectivity index (χ1n) is 3.88. The van der Waals surface area contributed by atoms with Gasteiger partial charge in [-0.2, -0.15) is 0 Å². The summed E-state index contributed by atoms with van der Waals surface area (Å²) in [6.45, 7) is 1.84. The molecular weight excluding hydrogens is 190 g/mol. The fourth-order valence-electron chi connectivity index (χ4n) is 1.01. The van der Waals surface area contributed by atoms with Crippen LogP contribution in [-0.4, -0.2) is 12.2 Å². The van der Waals surface area contributed by atoms with Gasteiger partial charge < -0.3 is 15.6 Å². The second-order valence-electron chi connectivity index (χ2n) is 2.84. The highest BCUT2D eigenvalue weighted by molar-refractivity contribution is 6.32. The Balaban J connectivity index is 3.22. The maximum atomic E-state index is 9.41. The van der Waals surface area contributed by atoms with Crippen LogP contribution in [0.4, 0.5) is 0 Å². The second kappa shape index (κ2) is 3.85. The third-order valence-corrected chi connectivity index (χ3v) is 2.08. The van der Waals surface area contributed by atoms with Crippen LogP contribution >= 0.6 is 11.6 Å². The van der Waals surface area contributed by atoms with Gasteiger partial charge in [0.15, 0.2) is 11.5 Å². The summed E-state index contributed by atoms with van der Waals surface area (Å²) in [5, 5.41) is 9.66. The first-order chi connectivity index (χ1) is 6.06. The molecule has 13 heavy (non-hydrogen) atoms. The number of benzene rings is 1. The van der Waals surface area contributed by atoms with Gasteiger partial charge in [0.05, 0.1) is 12.1 Å². The number of methoxy groups -OCH3 is 1. The van der Waals surface area contributed by atoms with Crippen molar-refractivity contribution in [3.63, 3.8) is 0 Å². The maximum absolute atomic E-state index is 9.41. The molecule has 0 saturated heterocycles. The molecule has 1 aromatic rings. The van der Waals surface area contributed by atoms with Crippen LogP contribution in [0.2, 0.25) is 5.02 Å². The number of aromatic hydroxyl groups is 1. The zero-order valence-electron chi connectivity index (χ0n) is 7.54. The van der Waals surface area contributed by atoms with Crippen molar-refractivity contribution in [1.82, 2.24) is 0 Å². The summed E-state index contributed by atoms with van der Waals surface area (Å²) in [7, 11) is 1.47. The van der Waals surface area contributed by atoms with Gasteiger partial charge in [-0.25, -0.2) is 0 Å². The van der Waals surface area contributed by atoms with Crippen LogP contribution in [0.3, 0.4) is 0 Å². The zero-order chi connectivity index (χ0) is 10.0. The Kier molecular flexibility index (Phi) is 3.01. The summed E-state index contributed by atoms with van der Waals surface area (Å²) in [5.74, 6) is 0.299. The van der Waals surface area contributed by atoms with Crippen LogP contribution in [0.25, 0.3) is 0 Å². The Bertz CT molecular complexity index is 313. The number of hydrogen-bond donors (Lipinski definition) is 2. The number of phenols is 1. The molecule has 0 heterocycles. The van der Waals surface area contributed by atoms with Crippen LogP contribution in [0.15, 0.2) is 12.1 Å². The van der Waals surface area contributed by atoms with Gasteiger partial charge in [-0.3, -0.25) is 0 Å². The lowest BCUT2D eigenvalue weighted by molar-refractivity contribution is 0.373. The monoisotopic (exact) mass is 201 g/mol. The molecular formula is C9H12ClNO2. The molecule has 0 saturated carbocycles. The molecule has 0 spiro atoms. The van der Waals surface area contributed by atoms with Crippen molar-refractivity contribution in [2.24, 2.45) is 5.73 Å². The van der Waals surface area contributed by atoms with Crippen molar-refractivity contribution in [3.8, 4) is 11.5 Å². The molecule has 0 aromatic heterocycles. The molecule has 4 heteroatoms. The molecule has 0 aliphatic heterocycles. The third-order valence-electron chi connectivity index (χ3n) is 1.80. The summed E-state index contributed by atoms with van der Waals surface area (Å²) in [6, 6.07) is 3.17. The highest BCUT2D eigenvalue weighted by atomic mass is 35.5. The highest BCUT2D eigenvalue weighted by Crippen LogP contribution is 2.36. The Hall–Kier alpha value is -0.930. The largest absolute Gasteiger partial charge is 0.503 e. The summed E-state index contributed by atoms with van der Waals surface area (Å²) in [4.78, 5) is 0. The molecule has 0 fully saturated rings. The summed E-state index contributed by atoms with van der Waals surface area (Å²) in [6.07, 6.45) is 0. The summed E-state index contributed by atoms with van der Waals surface area (Å²) in [5.41, 5.74) is 6.49. The zero-order valence-corrected chi connectivity index (χ0v) is 8.30. The van der Waals surface area contributed by atoms with Crippen molar-refractivity contribution in [2.45, 2.75) is 13.0 Å². The quantitative estimate of drug-likeness (QED) is 0.770. The fourth-order valence-corrected chi connectivity index (χ4v) is 1.23. The van der Waals surface area contributed by atoms with E-state index in [4.69, 9.17) is 22.1 Å². The van der Waals surface area contributed by atoms with Crippen LogP contribution in [0.1, 0.15) is 18.5 Å². The van der Waals surface area contributed by atoms with Crippen molar-refractivity contribution in [2.75, 3.05) is 7.11 Å². The Morgan fingerprint density at radius 3 is 2.62 bits per heavy atom. The van der Waals surface area contributed by atoms with Crippen LogP contribution in [-0.2, 0) is 0 Å². The van der Waals surface area contributed by atoms with E-state index in [1.165, 1.54) is 7.11 Å². The Morgan fingerprint density at radius 1 is 1.54 bits per heavy atom. The van der Waals surface area contributed by atoms with E-state index in [1.807, 2.05) is 6.92 Å². The van der Waals surface area contributed by atoms with Crippen molar-refractivity contribution < 1.29 is 9.84 Å². The van der Waals surface area contributed by atoms with Crippen LogP contribution < -0.4 is 10.5 Å². The molecule has 3 nitrogen and oxygen atoms in total. The lowest BCUT2D eigenvalue weighted by Gasteiger charge is -2.10. The molecule has 72 valence electrons. The average Bonchev–Trinajstić information content (AvgIpc) is 2.09. The summed E-state index contributed by atoms with van der Waals surface area (Å²) < 4.78 is 4.93. The summed E-state index contributed by atoms with van der Waals surface area (Å²) >= 11 is 5.76. The standard InChI is InChI=1S/C9H12ClNO2/c1-5(11)6-3-7(10)9(12)8(4-6)13-2/h3-5,12H,11H2,1-2H3. The molecule has 3 N–H and O–H groups in total. The molecule has 1 atom stereocenters. The average molecular weight is 202 g/mol. The SMILES string of the molecule is COc1cc(C(C)N)cc(Cl)c1O. The third kappa shape index (κ3) is 2.05. The fraction of sp³-hybridized carbons (Fsp3) is 0.333. The van der Waals surface area contributed by atoms with E-state index < -0.39 is 0 Å². The molecule has 0 amide bonds. The van der Waals surface area contributed by atoms with Gasteiger partial charge in [0.1, 0.15) is 0 Å². The predicted molar refractivity (Wildman–Crippen MR) is 52.3 cm³/mol. The van der Waals surface area contributed by atoms with E-state index in [9.17, 15) is 5.11 Å². The van der Waals surface area contributed by atoms with Crippen LogP contribution in [0.5, 0.6) is 11.5 Å². The number of rotatable bonds is 2. The molecule has 0 aliphatic carbocycles. The minimum absolute atomic E-state index is 0.0476. The number of ether oxygens (including phenoxy) is 1. The topological polar surface area (TPSA) is 55.5 Å².